The van der Waals surface area contributed by atoms with Crippen molar-refractivity contribution in [3.8, 4) is 17.2 Å². The molecule has 2 aromatic carbocycles. The number of allylic oxidation sites excluding steroid dienone is 1. The summed E-state index contributed by atoms with van der Waals surface area (Å²) in [5.74, 6) is 0.189. The van der Waals surface area contributed by atoms with Crippen LogP contribution in [0.5, 0.6) is 17.2 Å². The van der Waals surface area contributed by atoms with E-state index in [2.05, 4.69) is 4.99 Å². The Morgan fingerprint density at radius 3 is 2.69 bits per heavy atom. The molecule has 0 aliphatic carbocycles. The molecule has 2 heterocycles. The Hall–Kier alpha value is -3.56. The number of esters is 1. The van der Waals surface area contributed by atoms with Crippen molar-refractivity contribution < 1.29 is 24.1 Å². The van der Waals surface area contributed by atoms with Gasteiger partial charge in [-0.15, -0.1) is 0 Å². The first-order chi connectivity index (χ1) is 16.8. The van der Waals surface area contributed by atoms with Gasteiger partial charge in [0.25, 0.3) is 5.56 Å². The molecule has 8 nitrogen and oxygen atoms in total. The van der Waals surface area contributed by atoms with E-state index in [9.17, 15) is 14.7 Å². The van der Waals surface area contributed by atoms with Crippen molar-refractivity contribution in [3.05, 3.63) is 83.5 Å². The van der Waals surface area contributed by atoms with Gasteiger partial charge in [0.15, 0.2) is 16.3 Å². The number of halogens is 1. The molecule has 0 unspecified atom stereocenters. The van der Waals surface area contributed by atoms with Crippen LogP contribution in [0.4, 0.5) is 0 Å². The lowest BCUT2D eigenvalue weighted by molar-refractivity contribution is -0.136. The van der Waals surface area contributed by atoms with Crippen LogP contribution in [-0.4, -0.2) is 36.5 Å². The van der Waals surface area contributed by atoms with E-state index in [0.717, 1.165) is 0 Å². The molecule has 0 amide bonds. The number of thiazole rings is 1. The van der Waals surface area contributed by atoms with Crippen LogP contribution >= 0.6 is 22.9 Å². The van der Waals surface area contributed by atoms with Crippen molar-refractivity contribution in [2.24, 2.45) is 4.99 Å². The lowest BCUT2D eigenvalue weighted by Crippen LogP contribution is -2.40. The molecule has 182 valence electrons. The van der Waals surface area contributed by atoms with Crippen LogP contribution in [0.1, 0.15) is 31.0 Å². The molecular weight excluding hydrogens is 492 g/mol. The lowest BCUT2D eigenvalue weighted by Gasteiger charge is -2.25. The van der Waals surface area contributed by atoms with E-state index in [1.54, 1.807) is 43.3 Å². The van der Waals surface area contributed by atoms with Gasteiger partial charge in [0.05, 0.1) is 36.6 Å². The summed E-state index contributed by atoms with van der Waals surface area (Å²) < 4.78 is 17.9. The number of fused-ring (bicyclic) bond motifs is 1. The fourth-order valence-corrected chi connectivity index (χ4v) is 5.18. The van der Waals surface area contributed by atoms with Gasteiger partial charge in [-0.05, 0) is 55.8 Å². The molecule has 0 fully saturated rings. The van der Waals surface area contributed by atoms with Gasteiger partial charge in [-0.2, -0.15) is 0 Å². The van der Waals surface area contributed by atoms with Gasteiger partial charge in [-0.1, -0.05) is 29.0 Å². The monoisotopic (exact) mass is 514 g/mol. The minimum absolute atomic E-state index is 0.0110. The van der Waals surface area contributed by atoms with Crippen molar-refractivity contribution in [2.45, 2.75) is 19.9 Å². The fourth-order valence-electron chi connectivity index (χ4n) is 3.95. The Balaban J connectivity index is 1.98. The zero-order valence-electron chi connectivity index (χ0n) is 19.5. The third-order valence-corrected chi connectivity index (χ3v) is 6.71. The van der Waals surface area contributed by atoms with E-state index in [-0.39, 0.29) is 16.9 Å². The minimum Gasteiger partial charge on any atom is -0.504 e. The van der Waals surface area contributed by atoms with Crippen molar-refractivity contribution >= 4 is 35.0 Å². The largest absolute Gasteiger partial charge is 0.504 e. The van der Waals surface area contributed by atoms with E-state index in [1.165, 1.54) is 36.2 Å². The number of methoxy groups -OCH3 is 2. The number of phenols is 1. The average molecular weight is 515 g/mol. The number of aromatic nitrogens is 1. The standard InChI is InChI=1S/C25H23ClN2O6S/c1-5-34-19-10-14(6-8-17(19)29)11-20-23(30)28-22(16-12-15(26)7-9-18(16)32-3)21(24(31)33-4)13(2)27-25(28)35-20/h6-12,22,29H,5H2,1-4H3/b20-11-/t22-/m1/s1. The summed E-state index contributed by atoms with van der Waals surface area (Å²) in [7, 11) is 2.78. The first-order valence-corrected chi connectivity index (χ1v) is 11.9. The third-order valence-electron chi connectivity index (χ3n) is 5.49. The van der Waals surface area contributed by atoms with Crippen molar-refractivity contribution in [3.63, 3.8) is 0 Å². The maximum absolute atomic E-state index is 13.7. The first kappa shape index (κ1) is 24.6. The van der Waals surface area contributed by atoms with Crippen LogP contribution in [0.15, 0.2) is 57.5 Å². The van der Waals surface area contributed by atoms with E-state index < -0.39 is 12.0 Å². The van der Waals surface area contributed by atoms with Crippen LogP contribution in [0.25, 0.3) is 6.08 Å². The molecule has 1 aliphatic heterocycles. The maximum atomic E-state index is 13.7. The number of carbonyl (C=O) groups excluding carboxylic acids is 1. The van der Waals surface area contributed by atoms with Gasteiger partial charge in [-0.25, -0.2) is 9.79 Å². The molecule has 1 aromatic heterocycles. The van der Waals surface area contributed by atoms with Crippen molar-refractivity contribution in [1.29, 1.82) is 0 Å². The molecule has 4 rings (SSSR count). The molecule has 1 atom stereocenters. The molecule has 1 N–H and O–H groups in total. The molecule has 1 aliphatic rings. The van der Waals surface area contributed by atoms with Gasteiger partial charge >= 0.3 is 5.97 Å². The number of ether oxygens (including phenoxy) is 3. The summed E-state index contributed by atoms with van der Waals surface area (Å²) in [4.78, 5) is 31.5. The summed E-state index contributed by atoms with van der Waals surface area (Å²) >= 11 is 7.47. The smallest absolute Gasteiger partial charge is 0.338 e. The van der Waals surface area contributed by atoms with Crippen LogP contribution in [0, 0.1) is 0 Å². The minimum atomic E-state index is -0.853. The summed E-state index contributed by atoms with van der Waals surface area (Å²) in [6.45, 7) is 3.90. The van der Waals surface area contributed by atoms with Gasteiger partial charge in [0, 0.05) is 10.6 Å². The predicted molar refractivity (Wildman–Crippen MR) is 133 cm³/mol. The Morgan fingerprint density at radius 1 is 1.23 bits per heavy atom. The molecule has 0 bridgehead atoms. The number of aromatic hydroxyl groups is 1. The van der Waals surface area contributed by atoms with Crippen LogP contribution in [0.3, 0.4) is 0 Å². The molecule has 35 heavy (non-hydrogen) atoms. The predicted octanol–water partition coefficient (Wildman–Crippen LogP) is 3.17. The highest BCUT2D eigenvalue weighted by Gasteiger charge is 2.35. The number of carbonyl (C=O) groups is 1. The molecule has 0 spiro atoms. The Bertz CT molecular complexity index is 1520. The number of phenolic OH excluding ortho intramolecular Hbond substituents is 1. The summed E-state index contributed by atoms with van der Waals surface area (Å²) in [5, 5.41) is 10.4. The number of nitrogens with zero attached hydrogens (tertiary/aromatic N) is 2. The zero-order chi connectivity index (χ0) is 25.3. The second-order valence-corrected chi connectivity index (χ2v) is 9.07. The van der Waals surface area contributed by atoms with Gasteiger partial charge < -0.3 is 19.3 Å². The Kier molecular flexibility index (Phi) is 7.00. The normalized spacial score (nSPS) is 15.5. The second kappa shape index (κ2) is 9.97. The number of hydrogen-bond acceptors (Lipinski definition) is 8. The van der Waals surface area contributed by atoms with Crippen LogP contribution in [0.2, 0.25) is 5.02 Å². The summed E-state index contributed by atoms with van der Waals surface area (Å²) in [6, 6.07) is 9.00. The van der Waals surface area contributed by atoms with Gasteiger partial charge in [-0.3, -0.25) is 9.36 Å². The lowest BCUT2D eigenvalue weighted by atomic mass is 9.95. The first-order valence-electron chi connectivity index (χ1n) is 10.7. The summed E-state index contributed by atoms with van der Waals surface area (Å²) in [6.07, 6.45) is 1.69. The van der Waals surface area contributed by atoms with Gasteiger partial charge in [0.2, 0.25) is 0 Å². The molecular formula is C25H23ClN2O6S. The number of benzene rings is 2. The van der Waals surface area contributed by atoms with Crippen LogP contribution < -0.4 is 24.4 Å². The highest BCUT2D eigenvalue weighted by molar-refractivity contribution is 7.07. The SMILES string of the molecule is CCOc1cc(/C=c2\sc3n(c2=O)[C@H](c2cc(Cl)ccc2OC)C(C(=O)OC)=C(C)N=3)ccc1O. The molecule has 0 saturated carbocycles. The fraction of sp³-hybridized carbons (Fsp3) is 0.240. The van der Waals surface area contributed by atoms with E-state index >= 15 is 0 Å². The highest BCUT2D eigenvalue weighted by Crippen LogP contribution is 2.37. The number of rotatable bonds is 6. The maximum Gasteiger partial charge on any atom is 0.338 e. The topological polar surface area (TPSA) is 99.4 Å². The molecule has 3 aromatic rings. The average Bonchev–Trinajstić information content (AvgIpc) is 3.14. The zero-order valence-corrected chi connectivity index (χ0v) is 21.1. The van der Waals surface area contributed by atoms with Crippen molar-refractivity contribution in [1.82, 2.24) is 4.57 Å². The van der Waals surface area contributed by atoms with Crippen molar-refractivity contribution in [2.75, 3.05) is 20.8 Å². The van der Waals surface area contributed by atoms with Crippen LogP contribution in [-0.2, 0) is 9.53 Å². The quantitative estimate of drug-likeness (QED) is 0.507. The molecule has 0 radical (unpaired) electrons. The second-order valence-electron chi connectivity index (χ2n) is 7.62. The van der Waals surface area contributed by atoms with E-state index in [4.69, 9.17) is 25.8 Å². The Labute approximate surface area is 210 Å². The van der Waals surface area contributed by atoms with Gasteiger partial charge in [0.1, 0.15) is 11.8 Å². The number of hydrogen-bond donors (Lipinski definition) is 1. The summed E-state index contributed by atoms with van der Waals surface area (Å²) in [5.41, 5.74) is 1.50. The molecule has 10 heteroatoms. The Morgan fingerprint density at radius 2 is 2.00 bits per heavy atom. The van der Waals surface area contributed by atoms with E-state index in [1.807, 2.05) is 6.92 Å². The highest BCUT2D eigenvalue weighted by atomic mass is 35.5. The third kappa shape index (κ3) is 4.56. The molecule has 0 saturated heterocycles. The van der Waals surface area contributed by atoms with E-state index in [0.29, 0.717) is 49.3 Å².